The number of aliphatic hydroxyl groups excluding tert-OH is 1. The van der Waals surface area contributed by atoms with E-state index in [0.29, 0.717) is 36.1 Å². The maximum absolute atomic E-state index is 13.1. The van der Waals surface area contributed by atoms with Crippen LogP contribution >= 0.6 is 0 Å². The van der Waals surface area contributed by atoms with Gasteiger partial charge in [-0.05, 0) is 87.4 Å². The number of carbonyl (C=O) groups is 2. The van der Waals surface area contributed by atoms with E-state index >= 15 is 0 Å². The third-order valence-corrected chi connectivity index (χ3v) is 6.62. The molecule has 7 heteroatoms. The predicted octanol–water partition coefficient (Wildman–Crippen LogP) is 4.88. The largest absolute Gasteiger partial charge is 0.390 e. The molecule has 190 valence electrons. The van der Waals surface area contributed by atoms with Crippen LogP contribution in [-0.4, -0.2) is 53.6 Å². The summed E-state index contributed by atoms with van der Waals surface area (Å²) in [5.41, 5.74) is 2.23. The van der Waals surface area contributed by atoms with Crippen molar-refractivity contribution in [2.45, 2.75) is 58.6 Å². The van der Waals surface area contributed by atoms with Crippen molar-refractivity contribution in [1.29, 1.82) is 0 Å². The zero-order chi connectivity index (χ0) is 25.4. The highest BCUT2D eigenvalue weighted by Crippen LogP contribution is 2.23. The van der Waals surface area contributed by atoms with Crippen LogP contribution < -0.4 is 10.6 Å². The number of rotatable bonds is 10. The highest BCUT2D eigenvalue weighted by molar-refractivity contribution is 5.96. The van der Waals surface area contributed by atoms with Crippen LogP contribution in [0.25, 0.3) is 0 Å². The van der Waals surface area contributed by atoms with E-state index in [4.69, 9.17) is 0 Å². The monoisotopic (exact) mass is 483 g/mol. The highest BCUT2D eigenvalue weighted by atomic mass is 19.1. The summed E-state index contributed by atoms with van der Waals surface area (Å²) in [6.07, 6.45) is 2.96. The van der Waals surface area contributed by atoms with Crippen LogP contribution in [0.1, 0.15) is 56.0 Å². The summed E-state index contributed by atoms with van der Waals surface area (Å²) in [6.45, 7) is 7.90. The molecule has 1 fully saturated rings. The summed E-state index contributed by atoms with van der Waals surface area (Å²) < 4.78 is 13.1. The average molecular weight is 484 g/mol. The first-order valence-corrected chi connectivity index (χ1v) is 12.5. The first kappa shape index (κ1) is 26.8. The van der Waals surface area contributed by atoms with E-state index in [1.807, 2.05) is 12.1 Å². The summed E-state index contributed by atoms with van der Waals surface area (Å²) in [5, 5.41) is 16.7. The van der Waals surface area contributed by atoms with Gasteiger partial charge < -0.3 is 20.6 Å². The normalized spacial score (nSPS) is 16.6. The molecule has 3 N–H and O–H groups in total. The lowest BCUT2D eigenvalue weighted by Crippen LogP contribution is -2.51. The maximum Gasteiger partial charge on any atom is 0.319 e. The molecule has 2 atom stereocenters. The Kier molecular flexibility index (Phi) is 9.81. The Balaban J connectivity index is 1.50. The van der Waals surface area contributed by atoms with Gasteiger partial charge in [0.15, 0.2) is 5.78 Å². The first-order valence-electron chi connectivity index (χ1n) is 12.5. The van der Waals surface area contributed by atoms with Crippen LogP contribution in [-0.2, 0) is 6.42 Å². The Hall–Kier alpha value is -2.77. The Morgan fingerprint density at radius 1 is 1.11 bits per heavy atom. The van der Waals surface area contributed by atoms with E-state index in [9.17, 15) is 19.1 Å². The molecule has 6 nitrogen and oxygen atoms in total. The van der Waals surface area contributed by atoms with Gasteiger partial charge in [-0.25, -0.2) is 9.18 Å². The molecular formula is C28H38FN3O3. The molecule has 0 aromatic heterocycles. The molecule has 2 amide bonds. The standard InChI is InChI=1S/C28H38FN3O3/c1-19(2)15-26(31-28(35)30-25-6-4-5-23(17-25)20(3)33)27(34)18-32-13-11-22(12-14-32)16-21-7-9-24(29)10-8-21/h4-10,17,19,22,26-27,34H,11-16,18H2,1-3H3,(H2,30,31,35). The molecule has 3 rings (SSSR count). The SMILES string of the molecule is CC(=O)c1cccc(NC(=O)NC(CC(C)C)C(O)CN2CCC(Cc3ccc(F)cc3)CC2)c1. The van der Waals surface area contributed by atoms with Crippen molar-refractivity contribution >= 4 is 17.5 Å². The number of ketones is 1. The molecule has 2 unspecified atom stereocenters. The van der Waals surface area contributed by atoms with Crippen molar-refractivity contribution < 1.29 is 19.1 Å². The maximum atomic E-state index is 13.1. The number of piperidine rings is 1. The number of hydrogen-bond donors (Lipinski definition) is 3. The van der Waals surface area contributed by atoms with E-state index in [1.54, 1.807) is 24.3 Å². The second-order valence-electron chi connectivity index (χ2n) is 10.1. The van der Waals surface area contributed by atoms with Crippen molar-refractivity contribution in [2.24, 2.45) is 11.8 Å². The summed E-state index contributed by atoms with van der Waals surface area (Å²) >= 11 is 0. The van der Waals surface area contributed by atoms with Gasteiger partial charge in [0.2, 0.25) is 0 Å². The number of nitrogens with zero attached hydrogens (tertiary/aromatic N) is 1. The lowest BCUT2D eigenvalue weighted by Gasteiger charge is -2.35. The van der Waals surface area contributed by atoms with E-state index in [1.165, 1.54) is 19.1 Å². The van der Waals surface area contributed by atoms with E-state index in [2.05, 4.69) is 29.4 Å². The van der Waals surface area contributed by atoms with Gasteiger partial charge in [0.1, 0.15) is 5.82 Å². The van der Waals surface area contributed by atoms with Gasteiger partial charge in [-0.3, -0.25) is 4.79 Å². The Labute approximate surface area is 207 Å². The second-order valence-corrected chi connectivity index (χ2v) is 10.1. The quantitative estimate of drug-likeness (QED) is 0.421. The Bertz CT molecular complexity index is 972. The van der Waals surface area contributed by atoms with E-state index in [-0.39, 0.29) is 17.6 Å². The number of likely N-dealkylation sites (tertiary alicyclic amines) is 1. The molecule has 2 aromatic rings. The van der Waals surface area contributed by atoms with Crippen LogP contribution in [0.4, 0.5) is 14.9 Å². The first-order chi connectivity index (χ1) is 16.7. The van der Waals surface area contributed by atoms with Crippen LogP contribution in [0.3, 0.4) is 0 Å². The number of carbonyl (C=O) groups excluding carboxylic acids is 2. The number of amides is 2. The van der Waals surface area contributed by atoms with E-state index < -0.39 is 12.1 Å². The van der Waals surface area contributed by atoms with Gasteiger partial charge in [-0.15, -0.1) is 0 Å². The minimum absolute atomic E-state index is 0.0661. The minimum atomic E-state index is -0.694. The number of halogens is 1. The zero-order valence-corrected chi connectivity index (χ0v) is 21.0. The van der Waals surface area contributed by atoms with Crippen LogP contribution in [0.5, 0.6) is 0 Å². The Morgan fingerprint density at radius 3 is 2.43 bits per heavy atom. The molecule has 1 aliphatic rings. The third-order valence-electron chi connectivity index (χ3n) is 6.62. The van der Waals surface area contributed by atoms with E-state index in [0.717, 1.165) is 37.9 Å². The van der Waals surface area contributed by atoms with Gasteiger partial charge >= 0.3 is 6.03 Å². The summed E-state index contributed by atoms with van der Waals surface area (Å²) in [4.78, 5) is 26.5. The number of benzene rings is 2. The second kappa shape index (κ2) is 12.8. The predicted molar refractivity (Wildman–Crippen MR) is 137 cm³/mol. The zero-order valence-electron chi connectivity index (χ0n) is 21.0. The number of nitrogens with one attached hydrogen (secondary N) is 2. The number of Topliss-reactive ketones (excluding diaryl/α,β-unsaturated/α-hetero) is 1. The minimum Gasteiger partial charge on any atom is -0.390 e. The number of aliphatic hydroxyl groups is 1. The van der Waals surface area contributed by atoms with Gasteiger partial charge in [-0.2, -0.15) is 0 Å². The molecule has 0 aliphatic carbocycles. The van der Waals surface area contributed by atoms with Crippen LogP contribution in [0.2, 0.25) is 0 Å². The highest BCUT2D eigenvalue weighted by Gasteiger charge is 2.27. The van der Waals surface area contributed by atoms with Gasteiger partial charge in [0.25, 0.3) is 0 Å². The molecule has 1 saturated heterocycles. The third kappa shape index (κ3) is 8.75. The summed E-state index contributed by atoms with van der Waals surface area (Å²) in [5.74, 6) is 0.580. The van der Waals surface area contributed by atoms with Crippen molar-refractivity contribution in [3.63, 3.8) is 0 Å². The molecule has 0 saturated carbocycles. The summed E-state index contributed by atoms with van der Waals surface area (Å²) in [6, 6.07) is 12.8. The number of hydrogen-bond acceptors (Lipinski definition) is 4. The molecular weight excluding hydrogens is 445 g/mol. The summed E-state index contributed by atoms with van der Waals surface area (Å²) in [7, 11) is 0. The lowest BCUT2D eigenvalue weighted by molar-refractivity contribution is 0.0605. The molecule has 0 radical (unpaired) electrons. The van der Waals surface area contributed by atoms with Crippen molar-refractivity contribution in [2.75, 3.05) is 25.0 Å². The van der Waals surface area contributed by atoms with Crippen molar-refractivity contribution in [3.05, 3.63) is 65.5 Å². The fourth-order valence-corrected chi connectivity index (χ4v) is 4.69. The van der Waals surface area contributed by atoms with Crippen LogP contribution in [0, 0.1) is 17.7 Å². The number of β-amino-alcohol motifs (C(OH)–C–C–N with tert-alkyl or cyclic N) is 1. The van der Waals surface area contributed by atoms with Crippen molar-refractivity contribution in [3.8, 4) is 0 Å². The average Bonchev–Trinajstić information content (AvgIpc) is 2.81. The molecule has 1 heterocycles. The van der Waals surface area contributed by atoms with Gasteiger partial charge in [-0.1, -0.05) is 38.1 Å². The molecule has 2 aromatic carbocycles. The smallest absolute Gasteiger partial charge is 0.319 e. The van der Waals surface area contributed by atoms with Gasteiger partial charge in [0.05, 0.1) is 12.1 Å². The topological polar surface area (TPSA) is 81.7 Å². The van der Waals surface area contributed by atoms with Crippen LogP contribution in [0.15, 0.2) is 48.5 Å². The van der Waals surface area contributed by atoms with Crippen molar-refractivity contribution in [1.82, 2.24) is 10.2 Å². The molecule has 1 aliphatic heterocycles. The molecule has 35 heavy (non-hydrogen) atoms. The lowest BCUT2D eigenvalue weighted by atomic mass is 9.89. The number of urea groups is 1. The Morgan fingerprint density at radius 2 is 1.80 bits per heavy atom. The van der Waals surface area contributed by atoms with Gasteiger partial charge in [0, 0.05) is 17.8 Å². The number of anilines is 1. The molecule has 0 bridgehead atoms. The fraction of sp³-hybridized carbons (Fsp3) is 0.500. The molecule has 0 spiro atoms. The fourth-order valence-electron chi connectivity index (χ4n) is 4.69.